The molecule has 1 N–H and O–H groups in total. The van der Waals surface area contributed by atoms with E-state index in [0.717, 1.165) is 0 Å². The molecule has 0 aromatic heterocycles. The molecule has 98 valence electrons. The molecule has 0 bridgehead atoms. The number of rotatable bonds is 0. The smallest absolute Gasteiger partial charge is 0.120 e. The zero-order valence-electron chi connectivity index (χ0n) is 10.8. The van der Waals surface area contributed by atoms with Crippen LogP contribution in [0.15, 0.2) is 0 Å². The molecule has 0 unspecified atom stereocenters. The van der Waals surface area contributed by atoms with Gasteiger partial charge < -0.3 is 5.32 Å². The molecule has 3 aliphatic rings. The van der Waals surface area contributed by atoms with Gasteiger partial charge in [0, 0.05) is 39.3 Å². The van der Waals surface area contributed by atoms with Crippen molar-refractivity contribution in [3.05, 3.63) is 0 Å². The maximum absolute atomic E-state index is 3.56. The second kappa shape index (κ2) is 5.94. The molecular formula is C12H25N4P. The third-order valence-electron chi connectivity index (χ3n) is 3.96. The maximum atomic E-state index is 3.56. The van der Waals surface area contributed by atoms with Crippen LogP contribution in [0.25, 0.3) is 0 Å². The van der Waals surface area contributed by atoms with Gasteiger partial charge in [0.05, 0.1) is 0 Å². The molecule has 0 amide bonds. The summed E-state index contributed by atoms with van der Waals surface area (Å²) >= 11 is 0. The second-order valence-electron chi connectivity index (χ2n) is 5.29. The first kappa shape index (κ1) is 12.3. The lowest BCUT2D eigenvalue weighted by molar-refractivity contribution is 0.229. The monoisotopic (exact) mass is 256 g/mol. The summed E-state index contributed by atoms with van der Waals surface area (Å²) in [6.07, 6.45) is 5.39. The maximum Gasteiger partial charge on any atom is 0.120 e. The van der Waals surface area contributed by atoms with Crippen LogP contribution < -0.4 is 5.32 Å². The second-order valence-corrected chi connectivity index (χ2v) is 7.53. The Hall–Kier alpha value is 0.270. The Morgan fingerprint density at radius 3 is 1.47 bits per heavy atom. The van der Waals surface area contributed by atoms with Gasteiger partial charge in [0.1, 0.15) is 8.37 Å². The predicted octanol–water partition coefficient (Wildman–Crippen LogP) is 1.31. The Labute approximate surface area is 106 Å². The Balaban J connectivity index is 1.73. The quantitative estimate of drug-likeness (QED) is 0.660. The van der Waals surface area contributed by atoms with Gasteiger partial charge >= 0.3 is 0 Å². The van der Waals surface area contributed by atoms with E-state index >= 15 is 0 Å². The number of nitrogens with zero attached hydrogens (tertiary/aromatic N) is 3. The minimum atomic E-state index is -0.0845. The van der Waals surface area contributed by atoms with Gasteiger partial charge in [-0.05, 0) is 38.8 Å². The van der Waals surface area contributed by atoms with Gasteiger partial charge in [0.25, 0.3) is 0 Å². The molecule has 0 spiro atoms. The van der Waals surface area contributed by atoms with E-state index in [0.29, 0.717) is 0 Å². The van der Waals surface area contributed by atoms with E-state index in [1.165, 1.54) is 78.0 Å². The van der Waals surface area contributed by atoms with Gasteiger partial charge in [-0.25, -0.2) is 0 Å². The fourth-order valence-corrected chi connectivity index (χ4v) is 6.17. The summed E-state index contributed by atoms with van der Waals surface area (Å²) in [5, 5.41) is 3.56. The van der Waals surface area contributed by atoms with Crippen LogP contribution >= 0.6 is 8.37 Å². The van der Waals surface area contributed by atoms with Crippen LogP contribution in [0.1, 0.15) is 25.7 Å². The molecule has 0 aliphatic carbocycles. The number of nitrogens with one attached hydrogen (secondary N) is 1. The lowest BCUT2D eigenvalue weighted by Crippen LogP contribution is -2.48. The first-order valence-electron chi connectivity index (χ1n) is 7.20. The largest absolute Gasteiger partial charge is 0.317 e. The van der Waals surface area contributed by atoms with Crippen molar-refractivity contribution in [2.75, 3.05) is 52.4 Å². The van der Waals surface area contributed by atoms with Crippen LogP contribution in [0.2, 0.25) is 0 Å². The average molecular weight is 256 g/mol. The molecule has 3 rings (SSSR count). The molecule has 0 saturated carbocycles. The van der Waals surface area contributed by atoms with Gasteiger partial charge in [0.2, 0.25) is 0 Å². The highest BCUT2D eigenvalue weighted by atomic mass is 31.2. The molecule has 3 saturated heterocycles. The van der Waals surface area contributed by atoms with Gasteiger partial charge in [-0.2, -0.15) is 0 Å². The van der Waals surface area contributed by atoms with Crippen LogP contribution in [0.5, 0.6) is 0 Å². The predicted molar refractivity (Wildman–Crippen MR) is 73.0 cm³/mol. The Bertz CT molecular complexity index is 229. The highest BCUT2D eigenvalue weighted by Crippen LogP contribution is 2.52. The summed E-state index contributed by atoms with van der Waals surface area (Å²) in [5.74, 6) is 0. The highest BCUT2D eigenvalue weighted by Gasteiger charge is 2.36. The minimum absolute atomic E-state index is 0.0845. The molecule has 0 aromatic rings. The standard InChI is InChI=1S/C12H25N4P/c1-5-13-6-2-8-15-10-4-12-16-11-3-9-14(7-1)17(15)16/h13H,1-12H2. The zero-order valence-corrected chi connectivity index (χ0v) is 11.7. The Morgan fingerprint density at radius 2 is 1.00 bits per heavy atom. The zero-order chi connectivity index (χ0) is 11.5. The molecule has 3 heterocycles. The van der Waals surface area contributed by atoms with E-state index in [2.05, 4.69) is 19.3 Å². The summed E-state index contributed by atoms with van der Waals surface area (Å²) in [6, 6.07) is 0. The molecule has 3 fully saturated rings. The molecule has 3 aliphatic heterocycles. The third kappa shape index (κ3) is 2.82. The number of hydrogen-bond donors (Lipinski definition) is 1. The van der Waals surface area contributed by atoms with E-state index in [9.17, 15) is 0 Å². The Kier molecular flexibility index (Phi) is 4.30. The van der Waals surface area contributed by atoms with Crippen LogP contribution in [-0.4, -0.2) is 66.4 Å². The fraction of sp³-hybridized carbons (Fsp3) is 1.00. The van der Waals surface area contributed by atoms with E-state index < -0.39 is 0 Å². The van der Waals surface area contributed by atoms with Crippen molar-refractivity contribution in [2.24, 2.45) is 0 Å². The summed E-state index contributed by atoms with van der Waals surface area (Å²) in [5.41, 5.74) is 0. The van der Waals surface area contributed by atoms with E-state index in [1.807, 2.05) is 0 Å². The van der Waals surface area contributed by atoms with Crippen LogP contribution in [0.3, 0.4) is 0 Å². The van der Waals surface area contributed by atoms with Gasteiger partial charge in [0.15, 0.2) is 0 Å². The molecule has 4 nitrogen and oxygen atoms in total. The summed E-state index contributed by atoms with van der Waals surface area (Å²) in [7, 11) is -0.0845. The molecule has 0 radical (unpaired) electrons. The van der Waals surface area contributed by atoms with Crippen molar-refractivity contribution in [3.8, 4) is 0 Å². The molecule has 0 aromatic carbocycles. The fourth-order valence-electron chi connectivity index (χ4n) is 3.18. The van der Waals surface area contributed by atoms with Gasteiger partial charge in [-0.15, -0.1) is 0 Å². The Morgan fingerprint density at radius 1 is 0.588 bits per heavy atom. The SMILES string of the molecule is C1CNCCCN2CCCN3CCCN(C1)P23. The van der Waals surface area contributed by atoms with Crippen LogP contribution in [-0.2, 0) is 0 Å². The van der Waals surface area contributed by atoms with Gasteiger partial charge in [-0.3, -0.25) is 14.0 Å². The van der Waals surface area contributed by atoms with Gasteiger partial charge in [-0.1, -0.05) is 0 Å². The summed E-state index contributed by atoms with van der Waals surface area (Å²) < 4.78 is 8.34. The topological polar surface area (TPSA) is 21.8 Å². The number of hydrogen-bond acceptors (Lipinski definition) is 4. The molecule has 17 heavy (non-hydrogen) atoms. The van der Waals surface area contributed by atoms with E-state index in [-0.39, 0.29) is 8.37 Å². The van der Waals surface area contributed by atoms with Crippen molar-refractivity contribution in [2.45, 2.75) is 25.7 Å². The highest BCUT2D eigenvalue weighted by molar-refractivity contribution is 7.50. The van der Waals surface area contributed by atoms with Crippen molar-refractivity contribution in [1.29, 1.82) is 0 Å². The molecule has 5 heteroatoms. The molecular weight excluding hydrogens is 231 g/mol. The summed E-state index contributed by atoms with van der Waals surface area (Å²) in [6.45, 7) is 10.4. The van der Waals surface area contributed by atoms with Crippen molar-refractivity contribution < 1.29 is 0 Å². The first-order valence-corrected chi connectivity index (χ1v) is 8.40. The molecule has 0 atom stereocenters. The average Bonchev–Trinajstić information content (AvgIpc) is 2.38. The lowest BCUT2D eigenvalue weighted by Gasteiger charge is -2.51. The van der Waals surface area contributed by atoms with Crippen LogP contribution in [0, 0.1) is 0 Å². The third-order valence-corrected chi connectivity index (χ3v) is 6.68. The van der Waals surface area contributed by atoms with E-state index in [1.54, 1.807) is 0 Å². The van der Waals surface area contributed by atoms with Crippen molar-refractivity contribution in [3.63, 3.8) is 0 Å². The first-order chi connectivity index (χ1) is 8.45. The lowest BCUT2D eigenvalue weighted by atomic mass is 10.3. The van der Waals surface area contributed by atoms with Crippen molar-refractivity contribution in [1.82, 2.24) is 19.3 Å². The van der Waals surface area contributed by atoms with E-state index in [4.69, 9.17) is 0 Å². The summed E-state index contributed by atoms with van der Waals surface area (Å²) in [4.78, 5) is 0. The van der Waals surface area contributed by atoms with Crippen molar-refractivity contribution >= 4 is 8.37 Å². The minimum Gasteiger partial charge on any atom is -0.317 e. The van der Waals surface area contributed by atoms with Crippen LogP contribution in [0.4, 0.5) is 0 Å². The normalized spacial score (nSPS) is 31.1.